The van der Waals surface area contributed by atoms with Gasteiger partial charge in [0, 0.05) is 10.9 Å². The Bertz CT molecular complexity index is 448. The summed E-state index contributed by atoms with van der Waals surface area (Å²) in [4.78, 5) is 5.77. The first-order valence-corrected chi connectivity index (χ1v) is 8.28. The van der Waals surface area contributed by atoms with E-state index in [9.17, 15) is 0 Å². The second-order valence-corrected chi connectivity index (χ2v) is 6.15. The Labute approximate surface area is 117 Å². The molecule has 98 valence electrons. The lowest BCUT2D eigenvalue weighted by atomic mass is 10.1. The summed E-state index contributed by atoms with van der Waals surface area (Å²) in [5, 5.41) is 8.05. The van der Waals surface area contributed by atoms with Gasteiger partial charge in [0.05, 0.1) is 11.2 Å². The zero-order valence-corrected chi connectivity index (χ0v) is 12.6. The third-order valence-corrected chi connectivity index (χ3v) is 4.82. The van der Waals surface area contributed by atoms with Crippen molar-refractivity contribution in [3.63, 3.8) is 0 Å². The number of aryl methyl sites for hydroxylation is 2. The van der Waals surface area contributed by atoms with E-state index < -0.39 is 0 Å². The number of thiazole rings is 1. The van der Waals surface area contributed by atoms with E-state index in [2.05, 4.69) is 41.0 Å². The molecule has 18 heavy (non-hydrogen) atoms. The Morgan fingerprint density at radius 3 is 2.94 bits per heavy atom. The number of aromatic nitrogens is 1. The van der Waals surface area contributed by atoms with Gasteiger partial charge in [-0.2, -0.15) is 11.3 Å². The minimum absolute atomic E-state index is 0.456. The zero-order chi connectivity index (χ0) is 12.8. The summed E-state index contributed by atoms with van der Waals surface area (Å²) in [6.45, 7) is 5.39. The summed E-state index contributed by atoms with van der Waals surface area (Å²) in [5.41, 5.74) is 4.58. The number of thiophene rings is 1. The zero-order valence-electron chi connectivity index (χ0n) is 11.0. The van der Waals surface area contributed by atoms with E-state index in [4.69, 9.17) is 0 Å². The second kappa shape index (κ2) is 7.02. The third kappa shape index (κ3) is 3.64. The van der Waals surface area contributed by atoms with Crippen LogP contribution in [0, 0.1) is 6.92 Å². The largest absolute Gasteiger partial charge is 0.309 e. The lowest BCUT2D eigenvalue weighted by molar-refractivity contribution is 0.504. The van der Waals surface area contributed by atoms with E-state index in [0.717, 1.165) is 19.4 Å². The van der Waals surface area contributed by atoms with Crippen molar-refractivity contribution >= 4 is 22.7 Å². The molecule has 0 saturated carbocycles. The molecule has 2 rings (SSSR count). The minimum Gasteiger partial charge on any atom is -0.309 e. The molecule has 2 aromatic heterocycles. The highest BCUT2D eigenvalue weighted by Crippen LogP contribution is 2.26. The molecular weight excluding hydrogens is 260 g/mol. The van der Waals surface area contributed by atoms with Crippen molar-refractivity contribution in [1.29, 1.82) is 0 Å². The Morgan fingerprint density at radius 2 is 2.33 bits per heavy atom. The molecule has 0 aromatic carbocycles. The van der Waals surface area contributed by atoms with Gasteiger partial charge in [0.2, 0.25) is 0 Å². The molecule has 0 aliphatic rings. The van der Waals surface area contributed by atoms with Gasteiger partial charge in [-0.3, -0.25) is 0 Å². The first-order chi connectivity index (χ1) is 8.81. The van der Waals surface area contributed by atoms with Crippen molar-refractivity contribution < 1.29 is 0 Å². The summed E-state index contributed by atoms with van der Waals surface area (Å²) >= 11 is 3.55. The van der Waals surface area contributed by atoms with Crippen LogP contribution < -0.4 is 5.32 Å². The average Bonchev–Trinajstić information content (AvgIpc) is 3.01. The summed E-state index contributed by atoms with van der Waals surface area (Å²) in [7, 11) is 0. The number of hydrogen-bond acceptors (Lipinski definition) is 4. The van der Waals surface area contributed by atoms with E-state index in [1.54, 1.807) is 22.7 Å². The maximum atomic E-state index is 4.37. The molecule has 0 aliphatic carbocycles. The van der Waals surface area contributed by atoms with Crippen molar-refractivity contribution in [1.82, 2.24) is 10.3 Å². The minimum atomic E-state index is 0.456. The van der Waals surface area contributed by atoms with Crippen molar-refractivity contribution in [2.45, 2.75) is 39.2 Å². The Morgan fingerprint density at radius 1 is 1.44 bits per heavy atom. The van der Waals surface area contributed by atoms with E-state index in [0.29, 0.717) is 6.04 Å². The Kier molecular flexibility index (Phi) is 5.35. The normalized spacial score (nSPS) is 12.8. The van der Waals surface area contributed by atoms with E-state index >= 15 is 0 Å². The number of nitrogens with one attached hydrogen (secondary N) is 1. The average molecular weight is 280 g/mol. The van der Waals surface area contributed by atoms with Crippen molar-refractivity contribution in [2.75, 3.05) is 6.54 Å². The highest BCUT2D eigenvalue weighted by molar-refractivity contribution is 7.09. The van der Waals surface area contributed by atoms with Gasteiger partial charge in [-0.25, -0.2) is 4.98 Å². The molecular formula is C14H20N2S2. The summed E-state index contributed by atoms with van der Waals surface area (Å²) < 4.78 is 0. The van der Waals surface area contributed by atoms with Gasteiger partial charge in [-0.15, -0.1) is 11.3 Å². The third-order valence-electron chi connectivity index (χ3n) is 3.04. The van der Waals surface area contributed by atoms with Crippen molar-refractivity contribution in [2.24, 2.45) is 0 Å². The SMILES string of the molecule is CCCNC(CCc1ccsc1)c1scnc1C. The van der Waals surface area contributed by atoms with Gasteiger partial charge in [0.25, 0.3) is 0 Å². The van der Waals surface area contributed by atoms with E-state index in [1.807, 2.05) is 5.51 Å². The molecule has 0 radical (unpaired) electrons. The van der Waals surface area contributed by atoms with Gasteiger partial charge in [-0.1, -0.05) is 6.92 Å². The fraction of sp³-hybridized carbons (Fsp3) is 0.500. The maximum absolute atomic E-state index is 4.37. The molecule has 2 aromatic rings. The molecule has 0 bridgehead atoms. The van der Waals surface area contributed by atoms with Crippen molar-refractivity contribution in [3.8, 4) is 0 Å². The molecule has 0 fully saturated rings. The highest BCUT2D eigenvalue weighted by atomic mass is 32.1. The van der Waals surface area contributed by atoms with Crippen LogP contribution in [0.5, 0.6) is 0 Å². The number of nitrogens with zero attached hydrogens (tertiary/aromatic N) is 1. The predicted molar refractivity (Wildman–Crippen MR) is 80.5 cm³/mol. The Hall–Kier alpha value is -0.710. The Balaban J connectivity index is 1.99. The smallest absolute Gasteiger partial charge is 0.0798 e. The molecule has 1 N–H and O–H groups in total. The van der Waals surface area contributed by atoms with Crippen LogP contribution in [0.25, 0.3) is 0 Å². The van der Waals surface area contributed by atoms with Gasteiger partial charge in [-0.05, 0) is 55.1 Å². The lowest BCUT2D eigenvalue weighted by Crippen LogP contribution is -2.22. The van der Waals surface area contributed by atoms with Crippen LogP contribution in [0.1, 0.15) is 41.9 Å². The molecule has 1 unspecified atom stereocenters. The topological polar surface area (TPSA) is 24.9 Å². The second-order valence-electron chi connectivity index (χ2n) is 4.48. The van der Waals surface area contributed by atoms with Crippen LogP contribution in [-0.2, 0) is 6.42 Å². The van der Waals surface area contributed by atoms with Crippen LogP contribution in [0.15, 0.2) is 22.3 Å². The van der Waals surface area contributed by atoms with Crippen LogP contribution in [0.4, 0.5) is 0 Å². The van der Waals surface area contributed by atoms with E-state index in [-0.39, 0.29) is 0 Å². The number of rotatable bonds is 7. The van der Waals surface area contributed by atoms with Crippen LogP contribution >= 0.6 is 22.7 Å². The molecule has 0 spiro atoms. The lowest BCUT2D eigenvalue weighted by Gasteiger charge is -2.17. The predicted octanol–water partition coefficient (Wildman–Crippen LogP) is 4.19. The first kappa shape index (κ1) is 13.7. The van der Waals surface area contributed by atoms with Gasteiger partial charge in [0.15, 0.2) is 0 Å². The van der Waals surface area contributed by atoms with E-state index in [1.165, 1.54) is 22.6 Å². The molecule has 0 aliphatic heterocycles. The number of hydrogen-bond donors (Lipinski definition) is 1. The fourth-order valence-corrected chi connectivity index (χ4v) is 3.65. The van der Waals surface area contributed by atoms with Crippen LogP contribution in [-0.4, -0.2) is 11.5 Å². The quantitative estimate of drug-likeness (QED) is 0.822. The van der Waals surface area contributed by atoms with Crippen LogP contribution in [0.3, 0.4) is 0 Å². The van der Waals surface area contributed by atoms with Gasteiger partial charge in [0.1, 0.15) is 0 Å². The van der Waals surface area contributed by atoms with Gasteiger partial charge >= 0.3 is 0 Å². The highest BCUT2D eigenvalue weighted by Gasteiger charge is 2.15. The monoisotopic (exact) mass is 280 g/mol. The molecule has 0 saturated heterocycles. The molecule has 2 heterocycles. The maximum Gasteiger partial charge on any atom is 0.0798 e. The molecule has 2 nitrogen and oxygen atoms in total. The molecule has 0 amide bonds. The molecule has 4 heteroatoms. The van der Waals surface area contributed by atoms with Gasteiger partial charge < -0.3 is 5.32 Å². The first-order valence-electron chi connectivity index (χ1n) is 6.45. The summed E-state index contributed by atoms with van der Waals surface area (Å²) in [6, 6.07) is 2.68. The standard InChI is InChI=1S/C14H20N2S2/c1-3-7-15-13(14-11(2)16-10-18-14)5-4-12-6-8-17-9-12/h6,8-10,13,15H,3-5,7H2,1-2H3. The van der Waals surface area contributed by atoms with Crippen LogP contribution in [0.2, 0.25) is 0 Å². The van der Waals surface area contributed by atoms with Crippen molar-refractivity contribution in [3.05, 3.63) is 38.5 Å². The summed E-state index contributed by atoms with van der Waals surface area (Å²) in [5.74, 6) is 0. The summed E-state index contributed by atoms with van der Waals surface area (Å²) in [6.07, 6.45) is 3.47. The molecule has 1 atom stereocenters. The fourth-order valence-electron chi connectivity index (χ4n) is 2.04.